The van der Waals surface area contributed by atoms with Gasteiger partial charge in [-0.05, 0) is 41.0 Å². The van der Waals surface area contributed by atoms with E-state index in [9.17, 15) is 18.4 Å². The second kappa shape index (κ2) is 8.43. The lowest BCUT2D eigenvalue weighted by molar-refractivity contribution is -0.136. The fourth-order valence-corrected chi connectivity index (χ4v) is 2.82. The second-order valence-electron chi connectivity index (χ2n) is 6.24. The number of nitrogens with one attached hydrogen (secondary N) is 1. The first-order valence-electron chi connectivity index (χ1n) is 8.56. The molecule has 2 N–H and O–H groups in total. The Hall–Kier alpha value is -3.54. The Labute approximate surface area is 160 Å². The third-order valence-corrected chi connectivity index (χ3v) is 4.21. The van der Waals surface area contributed by atoms with E-state index in [1.807, 2.05) is 6.07 Å². The van der Waals surface area contributed by atoms with Gasteiger partial charge in [-0.3, -0.25) is 9.59 Å². The quantitative estimate of drug-likeness (QED) is 0.673. The van der Waals surface area contributed by atoms with Crippen molar-refractivity contribution >= 4 is 11.9 Å². The maximum absolute atomic E-state index is 14.8. The average Bonchev–Trinajstić information content (AvgIpc) is 2.69. The summed E-state index contributed by atoms with van der Waals surface area (Å²) in [5, 5.41) is 11.6. The van der Waals surface area contributed by atoms with Gasteiger partial charge in [-0.1, -0.05) is 42.5 Å². The molecule has 0 aromatic heterocycles. The predicted octanol–water partition coefficient (Wildman–Crippen LogP) is 4.19. The van der Waals surface area contributed by atoms with Crippen molar-refractivity contribution in [3.63, 3.8) is 0 Å². The van der Waals surface area contributed by atoms with E-state index < -0.39 is 29.9 Å². The molecule has 6 heteroatoms. The molecule has 0 aliphatic heterocycles. The van der Waals surface area contributed by atoms with Crippen LogP contribution in [-0.2, 0) is 17.8 Å². The summed E-state index contributed by atoms with van der Waals surface area (Å²) in [6.45, 7) is 0.0857. The minimum absolute atomic E-state index is 0.0687. The number of halogens is 2. The lowest BCUT2D eigenvalue weighted by atomic mass is 9.97. The van der Waals surface area contributed by atoms with Crippen LogP contribution in [0.25, 0.3) is 11.1 Å². The van der Waals surface area contributed by atoms with Crippen molar-refractivity contribution in [1.82, 2.24) is 5.32 Å². The van der Waals surface area contributed by atoms with Crippen LogP contribution in [0.4, 0.5) is 8.78 Å². The summed E-state index contributed by atoms with van der Waals surface area (Å²) in [5.74, 6) is -3.12. The number of hydrogen-bond acceptors (Lipinski definition) is 2. The molecule has 0 saturated heterocycles. The predicted molar refractivity (Wildman–Crippen MR) is 101 cm³/mol. The maximum Gasteiger partial charge on any atom is 0.307 e. The summed E-state index contributed by atoms with van der Waals surface area (Å²) in [6, 6.07) is 17.4. The van der Waals surface area contributed by atoms with Gasteiger partial charge in [-0.25, -0.2) is 8.78 Å². The maximum atomic E-state index is 14.8. The zero-order chi connectivity index (χ0) is 20.1. The first-order valence-corrected chi connectivity index (χ1v) is 8.56. The number of carbonyl (C=O) groups is 2. The highest BCUT2D eigenvalue weighted by atomic mass is 19.1. The van der Waals surface area contributed by atoms with Crippen LogP contribution in [0, 0.1) is 11.6 Å². The van der Waals surface area contributed by atoms with Crippen molar-refractivity contribution in [2.75, 3.05) is 0 Å². The molecule has 28 heavy (non-hydrogen) atoms. The fourth-order valence-electron chi connectivity index (χ4n) is 2.82. The Kier molecular flexibility index (Phi) is 5.79. The van der Waals surface area contributed by atoms with E-state index in [0.29, 0.717) is 11.1 Å². The first kappa shape index (κ1) is 19.2. The van der Waals surface area contributed by atoms with E-state index in [2.05, 4.69) is 5.32 Å². The number of carboxylic acids is 1. The lowest BCUT2D eigenvalue weighted by Crippen LogP contribution is -2.24. The van der Waals surface area contributed by atoms with Crippen LogP contribution >= 0.6 is 0 Å². The van der Waals surface area contributed by atoms with Crippen LogP contribution < -0.4 is 5.32 Å². The molecule has 4 nitrogen and oxygen atoms in total. The normalized spacial score (nSPS) is 10.5. The largest absolute Gasteiger partial charge is 0.481 e. The van der Waals surface area contributed by atoms with Gasteiger partial charge in [0.1, 0.15) is 11.6 Å². The molecule has 0 fully saturated rings. The summed E-state index contributed by atoms with van der Waals surface area (Å²) >= 11 is 0. The molecule has 0 aliphatic rings. The Morgan fingerprint density at radius 3 is 2.21 bits per heavy atom. The Morgan fingerprint density at radius 2 is 1.57 bits per heavy atom. The smallest absolute Gasteiger partial charge is 0.307 e. The van der Waals surface area contributed by atoms with Gasteiger partial charge >= 0.3 is 5.97 Å². The number of carboxylic acid groups (broad SMARTS) is 1. The molecular formula is C22H17F2NO3. The molecule has 3 rings (SSSR count). The minimum Gasteiger partial charge on any atom is -0.481 e. The molecule has 0 aliphatic carbocycles. The molecule has 142 valence electrons. The molecule has 0 saturated carbocycles. The third-order valence-electron chi connectivity index (χ3n) is 4.21. The van der Waals surface area contributed by atoms with E-state index >= 15 is 0 Å². The highest BCUT2D eigenvalue weighted by Gasteiger charge is 2.19. The third kappa shape index (κ3) is 4.59. The number of rotatable bonds is 6. The van der Waals surface area contributed by atoms with Crippen molar-refractivity contribution < 1.29 is 23.5 Å². The number of aliphatic carboxylic acids is 1. The molecule has 0 spiro atoms. The van der Waals surface area contributed by atoms with Crippen LogP contribution in [0.3, 0.4) is 0 Å². The molecule has 3 aromatic rings. The molecule has 0 radical (unpaired) electrons. The second-order valence-corrected chi connectivity index (χ2v) is 6.24. The van der Waals surface area contributed by atoms with Crippen molar-refractivity contribution in [3.05, 3.63) is 95.1 Å². The van der Waals surface area contributed by atoms with Gasteiger partial charge in [-0.2, -0.15) is 0 Å². The molecule has 0 unspecified atom stereocenters. The average molecular weight is 381 g/mol. The molecule has 3 aromatic carbocycles. The summed E-state index contributed by atoms with van der Waals surface area (Å²) in [7, 11) is 0. The number of carbonyl (C=O) groups excluding carboxylic acids is 1. The monoisotopic (exact) mass is 381 g/mol. The molecule has 0 atom stereocenters. The lowest BCUT2D eigenvalue weighted by Gasteiger charge is -2.12. The molecule has 0 bridgehead atoms. The topological polar surface area (TPSA) is 66.4 Å². The molecule has 1 amide bonds. The van der Waals surface area contributed by atoms with Gasteiger partial charge in [0.2, 0.25) is 0 Å². The van der Waals surface area contributed by atoms with E-state index in [-0.39, 0.29) is 17.7 Å². The van der Waals surface area contributed by atoms with Crippen LogP contribution in [0.5, 0.6) is 0 Å². The van der Waals surface area contributed by atoms with Gasteiger partial charge < -0.3 is 10.4 Å². The zero-order valence-electron chi connectivity index (χ0n) is 14.8. The van der Waals surface area contributed by atoms with Gasteiger partial charge in [0.15, 0.2) is 0 Å². The van der Waals surface area contributed by atoms with E-state index in [0.717, 1.165) is 5.56 Å². The number of benzene rings is 3. The highest BCUT2D eigenvalue weighted by molar-refractivity contribution is 5.96. The highest BCUT2D eigenvalue weighted by Crippen LogP contribution is 2.25. The molecule has 0 heterocycles. The van der Waals surface area contributed by atoms with E-state index in [1.54, 1.807) is 24.3 Å². The molecular weight excluding hydrogens is 364 g/mol. The van der Waals surface area contributed by atoms with Crippen molar-refractivity contribution in [2.45, 2.75) is 13.0 Å². The Morgan fingerprint density at radius 1 is 0.893 bits per heavy atom. The van der Waals surface area contributed by atoms with Gasteiger partial charge in [-0.15, -0.1) is 0 Å². The minimum atomic E-state index is -1.19. The van der Waals surface area contributed by atoms with Crippen LogP contribution in [0.2, 0.25) is 0 Å². The van der Waals surface area contributed by atoms with Gasteiger partial charge in [0, 0.05) is 12.1 Å². The summed E-state index contributed by atoms with van der Waals surface area (Å²) in [5.41, 5.74) is 1.63. The summed E-state index contributed by atoms with van der Waals surface area (Å²) in [4.78, 5) is 23.6. The SMILES string of the molecule is O=C(O)Cc1cc(-c2ccccc2)cc(C(=O)NCc2ccc(F)cc2)c1F. The van der Waals surface area contributed by atoms with Gasteiger partial charge in [0.05, 0.1) is 12.0 Å². The van der Waals surface area contributed by atoms with E-state index in [1.165, 1.54) is 36.4 Å². The Balaban J connectivity index is 1.92. The first-order chi connectivity index (χ1) is 13.4. The van der Waals surface area contributed by atoms with Crippen molar-refractivity contribution in [1.29, 1.82) is 0 Å². The van der Waals surface area contributed by atoms with Crippen LogP contribution in [0.15, 0.2) is 66.7 Å². The zero-order valence-corrected chi connectivity index (χ0v) is 14.8. The van der Waals surface area contributed by atoms with Crippen molar-refractivity contribution in [2.24, 2.45) is 0 Å². The number of amides is 1. The van der Waals surface area contributed by atoms with E-state index in [4.69, 9.17) is 5.11 Å². The van der Waals surface area contributed by atoms with Crippen molar-refractivity contribution in [3.8, 4) is 11.1 Å². The fraction of sp³-hybridized carbons (Fsp3) is 0.0909. The van der Waals surface area contributed by atoms with Gasteiger partial charge in [0.25, 0.3) is 5.91 Å². The summed E-state index contributed by atoms with van der Waals surface area (Å²) < 4.78 is 27.8. The standard InChI is InChI=1S/C22H17F2NO3/c23-18-8-6-14(7-9-18)13-25-22(28)19-11-16(15-4-2-1-3-5-15)10-17(21(19)24)12-20(26)27/h1-11H,12-13H2,(H,25,28)(H,26,27). The summed E-state index contributed by atoms with van der Waals surface area (Å²) in [6.07, 6.45) is -0.537. The van der Waals surface area contributed by atoms with Crippen LogP contribution in [-0.4, -0.2) is 17.0 Å². The number of hydrogen-bond donors (Lipinski definition) is 2. The Bertz CT molecular complexity index is 1000. The van der Waals surface area contributed by atoms with Crippen LogP contribution in [0.1, 0.15) is 21.5 Å².